The van der Waals surface area contributed by atoms with Gasteiger partial charge in [0.2, 0.25) is 11.8 Å². The van der Waals surface area contributed by atoms with Gasteiger partial charge in [-0.25, -0.2) is 10.3 Å². The third-order valence-electron chi connectivity index (χ3n) is 6.03. The molecule has 5 amide bonds. The molecule has 1 heterocycles. The van der Waals surface area contributed by atoms with Gasteiger partial charge in [0.25, 0.3) is 5.91 Å². The van der Waals surface area contributed by atoms with Crippen LogP contribution in [0.5, 0.6) is 0 Å². The number of aryl methyl sites for hydroxylation is 1. The van der Waals surface area contributed by atoms with Crippen molar-refractivity contribution >= 4 is 23.8 Å². The monoisotopic (exact) mass is 494 g/mol. The minimum absolute atomic E-state index is 0.0958. The van der Waals surface area contributed by atoms with E-state index in [-0.39, 0.29) is 19.1 Å². The van der Waals surface area contributed by atoms with Crippen LogP contribution in [0.3, 0.4) is 0 Å². The predicted molar refractivity (Wildman–Crippen MR) is 134 cm³/mol. The number of hydroxylamine groups is 1. The second-order valence-electron chi connectivity index (χ2n) is 9.32. The van der Waals surface area contributed by atoms with Crippen molar-refractivity contribution in [1.82, 2.24) is 21.2 Å². The van der Waals surface area contributed by atoms with E-state index in [0.717, 1.165) is 17.5 Å². The third-order valence-corrected chi connectivity index (χ3v) is 6.03. The number of hydrogen-bond acceptors (Lipinski definition) is 5. The van der Waals surface area contributed by atoms with E-state index in [9.17, 15) is 19.2 Å². The summed E-state index contributed by atoms with van der Waals surface area (Å²) in [5.74, 6) is -2.88. The van der Waals surface area contributed by atoms with Gasteiger partial charge < -0.3 is 5.32 Å². The molecule has 0 spiro atoms. The Bertz CT molecular complexity index is 1010. The summed E-state index contributed by atoms with van der Waals surface area (Å²) in [4.78, 5) is 56.0. The number of amides is 5. The molecule has 1 fully saturated rings. The van der Waals surface area contributed by atoms with Crippen molar-refractivity contribution in [2.75, 3.05) is 6.54 Å². The van der Waals surface area contributed by atoms with Crippen molar-refractivity contribution in [1.29, 1.82) is 0 Å². The molecule has 0 aromatic heterocycles. The standard InChI is InChI=1S/C27H34N4O5/c1-19(2)16-23(25(33)29-31-24(32)17-28-27(31)35)22(15-9-14-20-10-5-3-6-11-20)26(34)30-36-18-21-12-7-4-8-13-21/h3-8,10-13,19,22-23H,9,14-18H2,1-2H3,(H,28,35)(H,29,33)(H,30,34)/t22-,23+/m0/s1. The number of nitrogens with zero attached hydrogens (tertiary/aromatic N) is 1. The lowest BCUT2D eigenvalue weighted by Crippen LogP contribution is -2.51. The van der Waals surface area contributed by atoms with Gasteiger partial charge in [-0.05, 0) is 42.7 Å². The number of nitrogens with one attached hydrogen (secondary N) is 3. The number of rotatable bonds is 13. The van der Waals surface area contributed by atoms with Crippen molar-refractivity contribution in [3.63, 3.8) is 0 Å². The van der Waals surface area contributed by atoms with Crippen molar-refractivity contribution < 1.29 is 24.0 Å². The number of urea groups is 1. The molecule has 36 heavy (non-hydrogen) atoms. The fraction of sp³-hybridized carbons (Fsp3) is 0.407. The van der Waals surface area contributed by atoms with Crippen LogP contribution in [0.25, 0.3) is 0 Å². The lowest BCUT2D eigenvalue weighted by molar-refractivity contribution is -0.147. The van der Waals surface area contributed by atoms with E-state index < -0.39 is 35.6 Å². The average molecular weight is 495 g/mol. The first-order valence-corrected chi connectivity index (χ1v) is 12.3. The second-order valence-corrected chi connectivity index (χ2v) is 9.32. The van der Waals surface area contributed by atoms with Crippen LogP contribution < -0.4 is 16.2 Å². The minimum atomic E-state index is -0.762. The van der Waals surface area contributed by atoms with Gasteiger partial charge in [0.05, 0.1) is 18.4 Å². The zero-order valence-corrected chi connectivity index (χ0v) is 20.7. The molecule has 1 saturated heterocycles. The SMILES string of the molecule is CC(C)C[C@@H](C(=O)NN1C(=O)CNC1=O)[C@H](CCCc1ccccc1)C(=O)NOCc1ccccc1. The topological polar surface area (TPSA) is 117 Å². The first kappa shape index (κ1) is 26.9. The highest BCUT2D eigenvalue weighted by molar-refractivity contribution is 6.03. The molecule has 1 aliphatic heterocycles. The average Bonchev–Trinajstić information content (AvgIpc) is 3.18. The van der Waals surface area contributed by atoms with Crippen LogP contribution in [0.2, 0.25) is 0 Å². The predicted octanol–water partition coefficient (Wildman–Crippen LogP) is 3.12. The zero-order chi connectivity index (χ0) is 25.9. The first-order valence-electron chi connectivity index (χ1n) is 12.3. The van der Waals surface area contributed by atoms with Crippen LogP contribution in [0, 0.1) is 17.8 Å². The van der Waals surface area contributed by atoms with Crippen LogP contribution in [-0.2, 0) is 32.2 Å². The maximum Gasteiger partial charge on any atom is 0.343 e. The Kier molecular flexibility index (Phi) is 10.00. The number of hydrogen-bond donors (Lipinski definition) is 3. The van der Waals surface area contributed by atoms with Crippen molar-refractivity contribution in [2.45, 2.75) is 46.1 Å². The molecule has 0 radical (unpaired) electrons. The summed E-state index contributed by atoms with van der Waals surface area (Å²) in [6, 6.07) is 18.7. The lowest BCUT2D eigenvalue weighted by atomic mass is 9.81. The van der Waals surface area contributed by atoms with E-state index in [1.54, 1.807) is 0 Å². The summed E-state index contributed by atoms with van der Waals surface area (Å²) < 4.78 is 0. The molecule has 0 unspecified atom stereocenters. The Morgan fingerprint density at radius 2 is 1.58 bits per heavy atom. The molecule has 0 aliphatic carbocycles. The molecule has 9 nitrogen and oxygen atoms in total. The lowest BCUT2D eigenvalue weighted by Gasteiger charge is -2.28. The summed E-state index contributed by atoms with van der Waals surface area (Å²) in [5.41, 5.74) is 6.98. The molecular weight excluding hydrogens is 460 g/mol. The van der Waals surface area contributed by atoms with Crippen LogP contribution in [0.1, 0.15) is 44.2 Å². The Morgan fingerprint density at radius 3 is 2.17 bits per heavy atom. The maximum atomic E-state index is 13.3. The first-order chi connectivity index (χ1) is 17.3. The highest BCUT2D eigenvalue weighted by Crippen LogP contribution is 2.27. The van der Waals surface area contributed by atoms with Crippen LogP contribution in [0.4, 0.5) is 4.79 Å². The molecule has 2 aromatic carbocycles. The van der Waals surface area contributed by atoms with E-state index in [4.69, 9.17) is 4.84 Å². The van der Waals surface area contributed by atoms with E-state index in [1.165, 1.54) is 0 Å². The maximum absolute atomic E-state index is 13.3. The molecule has 1 aliphatic rings. The van der Waals surface area contributed by atoms with Crippen LogP contribution in [0.15, 0.2) is 60.7 Å². The van der Waals surface area contributed by atoms with Gasteiger partial charge in [-0.1, -0.05) is 74.5 Å². The van der Waals surface area contributed by atoms with Gasteiger partial charge in [-0.15, -0.1) is 0 Å². The van der Waals surface area contributed by atoms with Gasteiger partial charge in [-0.3, -0.25) is 24.6 Å². The summed E-state index contributed by atoms with van der Waals surface area (Å²) >= 11 is 0. The summed E-state index contributed by atoms with van der Waals surface area (Å²) in [6.45, 7) is 3.92. The molecule has 3 N–H and O–H groups in total. The smallest absolute Gasteiger partial charge is 0.327 e. The minimum Gasteiger partial charge on any atom is -0.327 e. The van der Waals surface area contributed by atoms with Gasteiger partial charge >= 0.3 is 6.03 Å². The van der Waals surface area contributed by atoms with Gasteiger partial charge in [0.15, 0.2) is 0 Å². The van der Waals surface area contributed by atoms with Crippen molar-refractivity contribution in [2.24, 2.45) is 17.8 Å². The van der Waals surface area contributed by atoms with E-state index >= 15 is 0 Å². The fourth-order valence-electron chi connectivity index (χ4n) is 4.22. The number of carbonyl (C=O) groups excluding carboxylic acids is 4. The largest absolute Gasteiger partial charge is 0.343 e. The van der Waals surface area contributed by atoms with Gasteiger partial charge in [-0.2, -0.15) is 5.01 Å². The fourth-order valence-corrected chi connectivity index (χ4v) is 4.22. The Labute approximate surface area is 211 Å². The molecule has 192 valence electrons. The van der Waals surface area contributed by atoms with E-state index in [2.05, 4.69) is 16.2 Å². The third kappa shape index (κ3) is 7.91. The summed E-state index contributed by atoms with van der Waals surface area (Å²) in [6.07, 6.45) is 2.25. The number of hydrazine groups is 1. The number of imide groups is 1. The molecular formula is C27H34N4O5. The Morgan fingerprint density at radius 1 is 0.944 bits per heavy atom. The highest BCUT2D eigenvalue weighted by atomic mass is 16.6. The van der Waals surface area contributed by atoms with Crippen LogP contribution >= 0.6 is 0 Å². The van der Waals surface area contributed by atoms with E-state index in [1.807, 2.05) is 74.5 Å². The molecule has 0 saturated carbocycles. The van der Waals surface area contributed by atoms with Crippen LogP contribution in [-0.4, -0.2) is 35.3 Å². The molecule has 0 bridgehead atoms. The van der Waals surface area contributed by atoms with Crippen molar-refractivity contribution in [3.05, 3.63) is 71.8 Å². The van der Waals surface area contributed by atoms with E-state index in [0.29, 0.717) is 24.3 Å². The van der Waals surface area contributed by atoms with Gasteiger partial charge in [0.1, 0.15) is 6.54 Å². The highest BCUT2D eigenvalue weighted by Gasteiger charge is 2.38. The second kappa shape index (κ2) is 13.4. The molecule has 9 heteroatoms. The summed E-state index contributed by atoms with van der Waals surface area (Å²) in [5, 5.41) is 3.06. The normalized spacial score (nSPS) is 14.9. The molecule has 2 aromatic rings. The number of carbonyl (C=O) groups is 4. The zero-order valence-electron chi connectivity index (χ0n) is 20.7. The Hall–Kier alpha value is -3.72. The van der Waals surface area contributed by atoms with Gasteiger partial charge in [0, 0.05) is 0 Å². The quantitative estimate of drug-likeness (QED) is 0.292. The molecule has 2 atom stereocenters. The molecule has 3 rings (SSSR count). The van der Waals surface area contributed by atoms with Crippen molar-refractivity contribution in [3.8, 4) is 0 Å². The Balaban J connectivity index is 1.72. The number of benzene rings is 2. The summed E-state index contributed by atoms with van der Waals surface area (Å²) in [7, 11) is 0.